The van der Waals surface area contributed by atoms with Crippen molar-refractivity contribution in [2.24, 2.45) is 0 Å². The zero-order valence-electron chi connectivity index (χ0n) is 27.3. The van der Waals surface area contributed by atoms with Crippen LogP contribution in [0.25, 0.3) is 34.4 Å². The summed E-state index contributed by atoms with van der Waals surface area (Å²) in [5.41, 5.74) is 18.4. The molecule has 45 heavy (non-hydrogen) atoms. The largest absolute Gasteiger partial charge is 1.00 e. The van der Waals surface area contributed by atoms with Gasteiger partial charge in [0.15, 0.2) is 0 Å². The summed E-state index contributed by atoms with van der Waals surface area (Å²) in [5, 5.41) is 0. The normalized spacial score (nSPS) is 18.0. The summed E-state index contributed by atoms with van der Waals surface area (Å²) in [6, 6.07) is 33.3. The molecule has 4 aromatic carbocycles. The van der Waals surface area contributed by atoms with Crippen molar-refractivity contribution in [1.29, 1.82) is 0 Å². The van der Waals surface area contributed by atoms with Gasteiger partial charge in [-0.05, 0) is 0 Å². The SMILES string of the molecule is CCCc1ccc(-c2cccc3c2C=C(CC)[CH]3[Hf+2]2([CH]3C(CC)=Cc4c(-c5ccc(CCC)cc5)cccc43)[CH2][CH2]2)cc1.[Cl-].[Cl-]. The topological polar surface area (TPSA) is 0 Å². The number of fused-ring (bicyclic) bond motifs is 2. The van der Waals surface area contributed by atoms with E-state index in [9.17, 15) is 0 Å². The second-order valence-electron chi connectivity index (χ2n) is 13.3. The third-order valence-electron chi connectivity index (χ3n) is 10.7. The Kier molecular flexibility index (Phi) is 10.8. The molecule has 0 nitrogen and oxygen atoms in total. The number of hydrogen-bond acceptors (Lipinski definition) is 0. The molecule has 232 valence electrons. The first-order valence-corrected chi connectivity index (χ1v) is 26.2. The molecule has 0 saturated carbocycles. The van der Waals surface area contributed by atoms with Gasteiger partial charge in [-0.1, -0.05) is 0 Å². The van der Waals surface area contributed by atoms with Crippen molar-refractivity contribution in [2.75, 3.05) is 0 Å². The maximum Gasteiger partial charge on any atom is -1.00 e. The van der Waals surface area contributed by atoms with Crippen LogP contribution >= 0.6 is 0 Å². The molecule has 0 aromatic heterocycles. The quantitative estimate of drug-likeness (QED) is 0.165. The van der Waals surface area contributed by atoms with Crippen LogP contribution in [0.15, 0.2) is 96.1 Å². The van der Waals surface area contributed by atoms with Gasteiger partial charge in [0, 0.05) is 0 Å². The third kappa shape index (κ3) is 6.03. The number of benzene rings is 4. The van der Waals surface area contributed by atoms with E-state index in [0.717, 1.165) is 20.2 Å². The Hall–Kier alpha value is -2.19. The van der Waals surface area contributed by atoms with Crippen LogP contribution in [0.1, 0.15) is 94.1 Å². The number of aryl methyl sites for hydroxylation is 2. The predicted octanol–water partition coefficient (Wildman–Crippen LogP) is 6.33. The summed E-state index contributed by atoms with van der Waals surface area (Å²) >= 11 is -2.85. The molecule has 3 heteroatoms. The van der Waals surface area contributed by atoms with Crippen LogP contribution in [-0.2, 0) is 32.8 Å². The predicted molar refractivity (Wildman–Crippen MR) is 183 cm³/mol. The van der Waals surface area contributed by atoms with Gasteiger partial charge in [-0.25, -0.2) is 0 Å². The van der Waals surface area contributed by atoms with E-state index in [1.807, 2.05) is 0 Å². The molecular formula is C42H46Cl2Hf. The van der Waals surface area contributed by atoms with E-state index in [4.69, 9.17) is 0 Å². The van der Waals surface area contributed by atoms with Crippen LogP contribution in [0.3, 0.4) is 0 Å². The first kappa shape index (κ1) is 34.2. The molecule has 1 saturated heterocycles. The zero-order valence-corrected chi connectivity index (χ0v) is 32.4. The molecule has 1 heterocycles. The number of halogens is 2. The van der Waals surface area contributed by atoms with Gasteiger partial charge in [-0.3, -0.25) is 0 Å². The molecule has 0 amide bonds. The van der Waals surface area contributed by atoms with Gasteiger partial charge in [-0.2, -0.15) is 0 Å². The van der Waals surface area contributed by atoms with Crippen LogP contribution in [0.4, 0.5) is 0 Å². The minimum Gasteiger partial charge on any atom is -1.00 e. The summed E-state index contributed by atoms with van der Waals surface area (Å²) < 4.78 is 4.49. The first-order chi connectivity index (χ1) is 21.1. The van der Waals surface area contributed by atoms with E-state index >= 15 is 0 Å². The molecule has 4 aromatic rings. The van der Waals surface area contributed by atoms with Crippen LogP contribution in [0.5, 0.6) is 0 Å². The van der Waals surface area contributed by atoms with Gasteiger partial charge in [-0.15, -0.1) is 0 Å². The molecular weight excluding hydrogens is 754 g/mol. The number of hydrogen-bond donors (Lipinski definition) is 0. The summed E-state index contributed by atoms with van der Waals surface area (Å²) in [6.07, 6.45) is 12.3. The molecule has 7 rings (SSSR count). The Bertz CT molecular complexity index is 1580. The Morgan fingerprint density at radius 1 is 0.533 bits per heavy atom. The zero-order chi connectivity index (χ0) is 29.6. The molecule has 0 bridgehead atoms. The average molecular weight is 800 g/mol. The molecule has 0 spiro atoms. The molecule has 1 fully saturated rings. The van der Waals surface area contributed by atoms with Crippen molar-refractivity contribution in [3.8, 4) is 22.3 Å². The Balaban J connectivity index is 0.00000200. The molecule has 0 radical (unpaired) electrons. The minimum absolute atomic E-state index is 0. The fraction of sp³-hybridized carbons (Fsp3) is 0.333. The van der Waals surface area contributed by atoms with Crippen molar-refractivity contribution in [3.05, 3.63) is 129 Å². The van der Waals surface area contributed by atoms with E-state index in [2.05, 4.69) is 125 Å². The van der Waals surface area contributed by atoms with Gasteiger partial charge >= 0.3 is 266 Å². The van der Waals surface area contributed by atoms with Crippen molar-refractivity contribution < 1.29 is 44.8 Å². The van der Waals surface area contributed by atoms with Gasteiger partial charge < -0.3 is 24.8 Å². The fourth-order valence-corrected chi connectivity index (χ4v) is 37.1. The molecule has 0 N–H and O–H groups in total. The number of allylic oxidation sites excluding steroid dienone is 2. The second kappa shape index (κ2) is 14.3. The molecule has 2 aliphatic carbocycles. The smallest absolute Gasteiger partial charge is 1.00 e. The van der Waals surface area contributed by atoms with Crippen molar-refractivity contribution >= 4 is 12.2 Å². The maximum absolute atomic E-state index is 2.85. The maximum atomic E-state index is 2.63. The first-order valence-electron chi connectivity index (χ1n) is 17.0. The Labute approximate surface area is 288 Å². The van der Waals surface area contributed by atoms with Gasteiger partial charge in [0.1, 0.15) is 0 Å². The van der Waals surface area contributed by atoms with E-state index in [1.165, 1.54) is 78.5 Å². The molecule has 2 unspecified atom stereocenters. The fourth-order valence-electron chi connectivity index (χ4n) is 8.57. The summed E-state index contributed by atoms with van der Waals surface area (Å²) in [4.78, 5) is 0. The summed E-state index contributed by atoms with van der Waals surface area (Å²) in [7, 11) is 0. The molecule has 1 aliphatic heterocycles. The van der Waals surface area contributed by atoms with Gasteiger partial charge in [0.25, 0.3) is 0 Å². The van der Waals surface area contributed by atoms with Crippen LogP contribution in [0.2, 0.25) is 8.35 Å². The second-order valence-corrected chi connectivity index (χ2v) is 29.9. The van der Waals surface area contributed by atoms with E-state index in [-0.39, 0.29) is 24.8 Å². The van der Waals surface area contributed by atoms with Crippen molar-refractivity contribution in [3.63, 3.8) is 0 Å². The van der Waals surface area contributed by atoms with Crippen LogP contribution in [0, 0.1) is 0 Å². The monoisotopic (exact) mass is 800 g/mol. The summed E-state index contributed by atoms with van der Waals surface area (Å²) in [5.74, 6) is 0. The standard InChI is InChI=1S/2C20H21.C2H4.2ClH.Hf/c2*1-3-6-16-9-11-17(12-10-16)19-8-5-7-18-13-15(4-2)14-20(18)19;1-2;;;/h2*5,7-14H,3-4,6H2,1-2H3;1-2H2;2*1H;/q;;;;;+2/p-2. The van der Waals surface area contributed by atoms with Gasteiger partial charge in [0.2, 0.25) is 0 Å². The van der Waals surface area contributed by atoms with Crippen molar-refractivity contribution in [1.82, 2.24) is 0 Å². The van der Waals surface area contributed by atoms with E-state index in [0.29, 0.717) is 0 Å². The van der Waals surface area contributed by atoms with Crippen LogP contribution in [-0.4, -0.2) is 0 Å². The van der Waals surface area contributed by atoms with E-state index < -0.39 is 20.0 Å². The van der Waals surface area contributed by atoms with Crippen LogP contribution < -0.4 is 24.8 Å². The minimum atomic E-state index is -2.85. The third-order valence-corrected chi connectivity index (χ3v) is 29.8. The average Bonchev–Trinajstić information content (AvgIpc) is 3.57. The molecule has 2 atom stereocenters. The Morgan fingerprint density at radius 3 is 1.27 bits per heavy atom. The Morgan fingerprint density at radius 2 is 0.933 bits per heavy atom. The molecule has 3 aliphatic rings. The summed E-state index contributed by atoms with van der Waals surface area (Å²) in [6.45, 7) is 9.35. The van der Waals surface area contributed by atoms with E-state index in [1.54, 1.807) is 22.3 Å². The number of rotatable bonds is 10. The van der Waals surface area contributed by atoms with Crippen molar-refractivity contribution in [2.45, 2.75) is 81.9 Å². The van der Waals surface area contributed by atoms with Gasteiger partial charge in [0.05, 0.1) is 0 Å².